The Kier molecular flexibility index (Phi) is 6.63. The van der Waals surface area contributed by atoms with Gasteiger partial charge in [-0.2, -0.15) is 0 Å². The topological polar surface area (TPSA) is 113 Å². The standard InChI is InChI=1S/C25H28FN5O4/c1-14-9-17(26)10-15(2)23(14)29-22-13-19-18-12-21(35-4)20(34-3)11-16(18)5-7-30(19)25(33)31(22)8-6-28-24(27)32/h9-13H,5-8H2,1-4H3,(H3,27,28,32). The average molecular weight is 482 g/mol. The lowest BCUT2D eigenvalue weighted by molar-refractivity contribution is 0.248. The molecule has 4 rings (SSSR count). The van der Waals surface area contributed by atoms with E-state index in [1.165, 1.54) is 16.7 Å². The zero-order valence-corrected chi connectivity index (χ0v) is 20.1. The molecule has 1 aliphatic heterocycles. The minimum absolute atomic E-state index is 0.153. The molecule has 184 valence electrons. The third-order valence-electron chi connectivity index (χ3n) is 6.10. The molecule has 0 unspecified atom stereocenters. The van der Waals surface area contributed by atoms with Crippen molar-refractivity contribution < 1.29 is 18.7 Å². The monoisotopic (exact) mass is 481 g/mol. The van der Waals surface area contributed by atoms with Crippen LogP contribution < -0.4 is 31.7 Å². The van der Waals surface area contributed by atoms with E-state index < -0.39 is 6.03 Å². The molecule has 2 aromatic carbocycles. The Morgan fingerprint density at radius 3 is 2.40 bits per heavy atom. The Morgan fingerprint density at radius 2 is 1.77 bits per heavy atom. The first-order valence-electron chi connectivity index (χ1n) is 11.2. The number of urea groups is 1. The fourth-order valence-corrected chi connectivity index (χ4v) is 4.45. The molecule has 0 aliphatic carbocycles. The third kappa shape index (κ3) is 4.64. The molecule has 0 radical (unpaired) electrons. The molecule has 3 aromatic rings. The lowest BCUT2D eigenvalue weighted by atomic mass is 9.97. The normalized spacial score (nSPS) is 12.7. The molecule has 3 N–H and O–H groups in total. The highest BCUT2D eigenvalue weighted by atomic mass is 19.1. The van der Waals surface area contributed by atoms with Gasteiger partial charge in [0.1, 0.15) is 11.3 Å². The van der Waals surface area contributed by atoms with Gasteiger partial charge in [0, 0.05) is 31.3 Å². The average Bonchev–Trinajstić information content (AvgIpc) is 2.81. The van der Waals surface area contributed by atoms with Crippen molar-refractivity contribution in [3.8, 4) is 22.8 Å². The Hall–Kier alpha value is -4.08. The van der Waals surface area contributed by atoms with Crippen molar-refractivity contribution in [2.75, 3.05) is 20.8 Å². The minimum atomic E-state index is -0.678. The summed E-state index contributed by atoms with van der Waals surface area (Å²) in [5, 5.41) is 2.51. The first kappa shape index (κ1) is 24.1. The lowest BCUT2D eigenvalue weighted by Crippen LogP contribution is -2.44. The number of methoxy groups -OCH3 is 2. The number of ether oxygens (including phenoxy) is 2. The van der Waals surface area contributed by atoms with E-state index in [2.05, 4.69) is 5.32 Å². The molecule has 0 atom stereocenters. The van der Waals surface area contributed by atoms with Gasteiger partial charge in [0.25, 0.3) is 0 Å². The highest BCUT2D eigenvalue weighted by Gasteiger charge is 2.22. The van der Waals surface area contributed by atoms with Crippen LogP contribution in [0.25, 0.3) is 11.3 Å². The zero-order valence-electron chi connectivity index (χ0n) is 20.1. The SMILES string of the molecule is COc1cc2c(cc1OC)-c1cc(=Nc3c(C)cc(F)cc3C)n(CCNC(N)=O)c(=O)n1CC2. The summed E-state index contributed by atoms with van der Waals surface area (Å²) in [5.41, 5.74) is 9.74. The molecule has 2 amide bonds. The number of nitrogens with zero attached hydrogens (tertiary/aromatic N) is 3. The van der Waals surface area contributed by atoms with Gasteiger partial charge in [0.05, 0.1) is 25.6 Å². The van der Waals surface area contributed by atoms with Crippen LogP contribution in [0.4, 0.5) is 14.9 Å². The predicted molar refractivity (Wildman–Crippen MR) is 130 cm³/mol. The Morgan fingerprint density at radius 1 is 1.11 bits per heavy atom. The van der Waals surface area contributed by atoms with Gasteiger partial charge in [-0.3, -0.25) is 9.13 Å². The number of hydrogen-bond donors (Lipinski definition) is 2. The fourth-order valence-electron chi connectivity index (χ4n) is 4.45. The van der Waals surface area contributed by atoms with Crippen LogP contribution in [0.1, 0.15) is 16.7 Å². The number of carbonyl (C=O) groups excluding carboxylic acids is 1. The molecule has 2 heterocycles. The van der Waals surface area contributed by atoms with Crippen LogP contribution in [0.3, 0.4) is 0 Å². The van der Waals surface area contributed by atoms with E-state index >= 15 is 0 Å². The first-order chi connectivity index (χ1) is 16.7. The maximum Gasteiger partial charge on any atom is 0.330 e. The Balaban J connectivity index is 1.98. The maximum absolute atomic E-state index is 13.9. The summed E-state index contributed by atoms with van der Waals surface area (Å²) in [4.78, 5) is 29.6. The highest BCUT2D eigenvalue weighted by Crippen LogP contribution is 2.37. The molecular weight excluding hydrogens is 453 g/mol. The van der Waals surface area contributed by atoms with E-state index in [-0.39, 0.29) is 24.6 Å². The molecule has 0 saturated heterocycles. The van der Waals surface area contributed by atoms with Crippen LogP contribution in [0.5, 0.6) is 11.5 Å². The number of amides is 2. The number of fused-ring (bicyclic) bond motifs is 3. The maximum atomic E-state index is 13.9. The van der Waals surface area contributed by atoms with Crippen LogP contribution in [-0.2, 0) is 19.5 Å². The number of aryl methyl sites for hydroxylation is 3. The number of rotatable bonds is 6. The van der Waals surface area contributed by atoms with Gasteiger partial charge in [-0.1, -0.05) is 0 Å². The quantitative estimate of drug-likeness (QED) is 0.563. The second kappa shape index (κ2) is 9.65. The van der Waals surface area contributed by atoms with Crippen molar-refractivity contribution in [1.82, 2.24) is 14.5 Å². The second-order valence-corrected chi connectivity index (χ2v) is 8.38. The van der Waals surface area contributed by atoms with Gasteiger partial charge in [-0.05, 0) is 61.2 Å². The lowest BCUT2D eigenvalue weighted by Gasteiger charge is -2.24. The summed E-state index contributed by atoms with van der Waals surface area (Å²) in [6.07, 6.45) is 0.634. The van der Waals surface area contributed by atoms with E-state index in [1.54, 1.807) is 32.6 Å². The van der Waals surface area contributed by atoms with Crippen LogP contribution >= 0.6 is 0 Å². The number of nitrogens with one attached hydrogen (secondary N) is 1. The minimum Gasteiger partial charge on any atom is -0.493 e. The van der Waals surface area contributed by atoms with Crippen molar-refractivity contribution in [3.63, 3.8) is 0 Å². The molecule has 1 aromatic heterocycles. The van der Waals surface area contributed by atoms with Crippen molar-refractivity contribution in [1.29, 1.82) is 0 Å². The summed E-state index contributed by atoms with van der Waals surface area (Å²) in [6, 6.07) is 7.74. The molecule has 10 heteroatoms. The molecular formula is C25H28FN5O4. The van der Waals surface area contributed by atoms with Gasteiger partial charge in [-0.15, -0.1) is 0 Å². The van der Waals surface area contributed by atoms with Gasteiger partial charge in [0.15, 0.2) is 11.5 Å². The van der Waals surface area contributed by atoms with Gasteiger partial charge < -0.3 is 20.5 Å². The van der Waals surface area contributed by atoms with Crippen molar-refractivity contribution in [2.45, 2.75) is 33.4 Å². The van der Waals surface area contributed by atoms with E-state index in [0.29, 0.717) is 52.5 Å². The number of halogens is 1. The van der Waals surface area contributed by atoms with Crippen molar-refractivity contribution in [3.05, 3.63) is 68.8 Å². The van der Waals surface area contributed by atoms with Crippen molar-refractivity contribution in [2.24, 2.45) is 10.7 Å². The zero-order chi connectivity index (χ0) is 25.3. The van der Waals surface area contributed by atoms with E-state index in [4.69, 9.17) is 20.2 Å². The Bertz CT molecular complexity index is 1420. The van der Waals surface area contributed by atoms with E-state index in [0.717, 1.165) is 11.1 Å². The van der Waals surface area contributed by atoms with Gasteiger partial charge in [-0.25, -0.2) is 19.0 Å². The number of aromatic nitrogens is 2. The number of hydrogen-bond acceptors (Lipinski definition) is 5. The van der Waals surface area contributed by atoms with Gasteiger partial charge >= 0.3 is 11.7 Å². The number of primary amides is 1. The molecule has 1 aliphatic rings. The summed E-state index contributed by atoms with van der Waals surface area (Å²) in [7, 11) is 3.14. The molecule has 0 spiro atoms. The predicted octanol–water partition coefficient (Wildman–Crippen LogP) is 2.55. The van der Waals surface area contributed by atoms with Crippen LogP contribution in [0.2, 0.25) is 0 Å². The summed E-state index contributed by atoms with van der Waals surface area (Å²) >= 11 is 0. The number of benzene rings is 2. The summed E-state index contributed by atoms with van der Waals surface area (Å²) < 4.78 is 28.0. The van der Waals surface area contributed by atoms with E-state index in [1.807, 2.05) is 18.2 Å². The van der Waals surface area contributed by atoms with Crippen LogP contribution in [-0.4, -0.2) is 35.9 Å². The summed E-state index contributed by atoms with van der Waals surface area (Å²) in [5.74, 6) is 0.823. The molecule has 35 heavy (non-hydrogen) atoms. The number of carbonyl (C=O) groups is 1. The molecule has 0 saturated carbocycles. The molecule has 0 fully saturated rings. The van der Waals surface area contributed by atoms with E-state index in [9.17, 15) is 14.0 Å². The third-order valence-corrected chi connectivity index (χ3v) is 6.10. The fraction of sp³-hybridized carbons (Fsp3) is 0.320. The number of nitrogens with two attached hydrogens (primary N) is 1. The Labute approximate surface area is 201 Å². The second-order valence-electron chi connectivity index (χ2n) is 8.38. The largest absolute Gasteiger partial charge is 0.493 e. The smallest absolute Gasteiger partial charge is 0.330 e. The summed E-state index contributed by atoms with van der Waals surface area (Å²) in [6.45, 7) is 4.32. The van der Waals surface area contributed by atoms with Crippen molar-refractivity contribution >= 4 is 11.7 Å². The molecule has 0 bridgehead atoms. The molecule has 9 nitrogen and oxygen atoms in total. The highest BCUT2D eigenvalue weighted by molar-refractivity contribution is 5.71. The van der Waals surface area contributed by atoms with Crippen LogP contribution in [0, 0.1) is 19.7 Å². The first-order valence-corrected chi connectivity index (χ1v) is 11.2. The van der Waals surface area contributed by atoms with Crippen LogP contribution in [0.15, 0.2) is 40.1 Å². The van der Waals surface area contributed by atoms with Gasteiger partial charge in [0.2, 0.25) is 0 Å².